The van der Waals surface area contributed by atoms with E-state index in [1.54, 1.807) is 12.4 Å². The lowest BCUT2D eigenvalue weighted by Gasteiger charge is -2.22. The van der Waals surface area contributed by atoms with Gasteiger partial charge in [-0.1, -0.05) is 0 Å². The number of aromatic nitrogens is 1. The molecule has 3 nitrogen and oxygen atoms in total. The Morgan fingerprint density at radius 2 is 2.44 bits per heavy atom. The number of hydrogen-bond donors (Lipinski definition) is 1. The van der Waals surface area contributed by atoms with Crippen LogP contribution in [-0.4, -0.2) is 24.7 Å². The van der Waals surface area contributed by atoms with Crippen LogP contribution in [0.4, 0.5) is 0 Å². The zero-order chi connectivity index (χ0) is 10.3. The van der Waals surface area contributed by atoms with Crippen molar-refractivity contribution < 1.29 is 4.74 Å². The van der Waals surface area contributed by atoms with Crippen molar-refractivity contribution in [3.63, 3.8) is 0 Å². The van der Waals surface area contributed by atoms with Gasteiger partial charge in [-0.25, -0.2) is 0 Å². The molecule has 2 heterocycles. The Morgan fingerprint density at radius 3 is 3.12 bits per heavy atom. The smallest absolute Gasteiger partial charge is 0.137 e. The van der Waals surface area contributed by atoms with Gasteiger partial charge in [-0.2, -0.15) is 0 Å². The largest absolute Gasteiger partial charge is 0.492 e. The van der Waals surface area contributed by atoms with E-state index in [1.165, 1.54) is 19.4 Å². The van der Waals surface area contributed by atoms with E-state index in [0.29, 0.717) is 0 Å². The summed E-state index contributed by atoms with van der Waals surface area (Å²) in [6.07, 6.45) is 7.31. The quantitative estimate of drug-likeness (QED) is 0.880. The number of pyridine rings is 1. The summed E-state index contributed by atoms with van der Waals surface area (Å²) in [6, 6.07) is 3.85. The van der Waals surface area contributed by atoms with Gasteiger partial charge in [0.15, 0.2) is 0 Å². The Balaban J connectivity index is 0.00000128. The minimum absolute atomic E-state index is 0. The summed E-state index contributed by atoms with van der Waals surface area (Å²) in [7, 11) is 0. The molecule has 0 radical (unpaired) electrons. The summed E-state index contributed by atoms with van der Waals surface area (Å²) in [5.41, 5.74) is 0. The molecule has 1 aliphatic heterocycles. The van der Waals surface area contributed by atoms with Crippen LogP contribution in [0.3, 0.4) is 0 Å². The molecule has 2 rings (SSSR count). The van der Waals surface area contributed by atoms with Gasteiger partial charge in [-0.3, -0.25) is 4.98 Å². The Morgan fingerprint density at radius 1 is 1.50 bits per heavy atom. The van der Waals surface area contributed by atoms with Gasteiger partial charge < -0.3 is 10.1 Å². The third-order valence-corrected chi connectivity index (χ3v) is 2.83. The van der Waals surface area contributed by atoms with Crippen LogP contribution >= 0.6 is 12.4 Å². The molecule has 0 aromatic carbocycles. The molecule has 1 atom stereocenters. The van der Waals surface area contributed by atoms with Crippen molar-refractivity contribution >= 4 is 12.4 Å². The lowest BCUT2D eigenvalue weighted by atomic mass is 9.97. The molecule has 1 saturated heterocycles. The van der Waals surface area contributed by atoms with E-state index in [-0.39, 0.29) is 12.4 Å². The van der Waals surface area contributed by atoms with Crippen LogP contribution in [0, 0.1) is 5.92 Å². The highest BCUT2D eigenvalue weighted by Crippen LogP contribution is 2.15. The molecule has 0 aliphatic carbocycles. The molecule has 1 unspecified atom stereocenters. The van der Waals surface area contributed by atoms with Gasteiger partial charge in [0, 0.05) is 6.20 Å². The van der Waals surface area contributed by atoms with Gasteiger partial charge in [0.25, 0.3) is 0 Å². The molecule has 1 aromatic rings. The fraction of sp³-hybridized carbons (Fsp3) is 0.583. The molecule has 0 saturated carbocycles. The van der Waals surface area contributed by atoms with Gasteiger partial charge in [0.05, 0.1) is 12.8 Å². The van der Waals surface area contributed by atoms with Crippen LogP contribution in [0.2, 0.25) is 0 Å². The van der Waals surface area contributed by atoms with E-state index in [1.807, 2.05) is 12.1 Å². The van der Waals surface area contributed by atoms with Crippen LogP contribution in [0.15, 0.2) is 24.5 Å². The minimum Gasteiger partial charge on any atom is -0.492 e. The van der Waals surface area contributed by atoms with Crippen LogP contribution in [-0.2, 0) is 0 Å². The lowest BCUT2D eigenvalue weighted by molar-refractivity contribution is 0.253. The number of ether oxygens (including phenoxy) is 1. The zero-order valence-electron chi connectivity index (χ0n) is 9.39. The first-order chi connectivity index (χ1) is 7.45. The average Bonchev–Trinajstić information content (AvgIpc) is 2.32. The summed E-state index contributed by atoms with van der Waals surface area (Å²) in [4.78, 5) is 4.01. The van der Waals surface area contributed by atoms with E-state index < -0.39 is 0 Å². The van der Waals surface area contributed by atoms with E-state index in [0.717, 1.165) is 31.2 Å². The number of halogens is 1. The van der Waals surface area contributed by atoms with Crippen molar-refractivity contribution in [1.29, 1.82) is 0 Å². The second kappa shape index (κ2) is 7.47. The molecule has 1 N–H and O–H groups in total. The lowest BCUT2D eigenvalue weighted by Crippen LogP contribution is -2.30. The van der Waals surface area contributed by atoms with Gasteiger partial charge in [-0.15, -0.1) is 12.4 Å². The predicted molar refractivity (Wildman–Crippen MR) is 67.2 cm³/mol. The number of nitrogens with zero attached hydrogens (tertiary/aromatic N) is 1. The molecule has 16 heavy (non-hydrogen) atoms. The minimum atomic E-state index is 0. The monoisotopic (exact) mass is 242 g/mol. The molecule has 1 aromatic heterocycles. The van der Waals surface area contributed by atoms with E-state index >= 15 is 0 Å². The first-order valence-electron chi connectivity index (χ1n) is 5.69. The molecular weight excluding hydrogens is 224 g/mol. The molecule has 0 amide bonds. The van der Waals surface area contributed by atoms with Crippen molar-refractivity contribution in [2.45, 2.75) is 19.3 Å². The van der Waals surface area contributed by atoms with E-state index in [2.05, 4.69) is 10.3 Å². The van der Waals surface area contributed by atoms with Crippen LogP contribution < -0.4 is 10.1 Å². The highest BCUT2D eigenvalue weighted by atomic mass is 35.5. The first kappa shape index (κ1) is 13.3. The Bertz CT molecular complexity index is 276. The van der Waals surface area contributed by atoms with Crippen LogP contribution in [0.5, 0.6) is 5.75 Å². The summed E-state index contributed by atoms with van der Waals surface area (Å²) in [5.74, 6) is 1.66. The maximum absolute atomic E-state index is 5.62. The second-order valence-electron chi connectivity index (χ2n) is 4.04. The molecule has 0 spiro atoms. The number of rotatable bonds is 4. The average molecular weight is 243 g/mol. The second-order valence-corrected chi connectivity index (χ2v) is 4.04. The van der Waals surface area contributed by atoms with Crippen molar-refractivity contribution in [2.75, 3.05) is 19.7 Å². The summed E-state index contributed by atoms with van der Waals surface area (Å²) < 4.78 is 5.62. The fourth-order valence-electron chi connectivity index (χ4n) is 1.95. The van der Waals surface area contributed by atoms with Gasteiger partial charge >= 0.3 is 0 Å². The van der Waals surface area contributed by atoms with Gasteiger partial charge in [-0.05, 0) is 50.4 Å². The number of nitrogens with one attached hydrogen (secondary N) is 1. The summed E-state index contributed by atoms with van der Waals surface area (Å²) in [6.45, 7) is 3.13. The standard InChI is InChI=1S/C12H18N2O.ClH/c1-3-11(9-13-6-1)5-8-15-12-4-2-7-14-10-12;/h2,4,7,10-11,13H,1,3,5-6,8-9H2;1H. The van der Waals surface area contributed by atoms with Crippen molar-refractivity contribution in [1.82, 2.24) is 10.3 Å². The first-order valence-corrected chi connectivity index (χ1v) is 5.69. The fourth-order valence-corrected chi connectivity index (χ4v) is 1.95. The van der Waals surface area contributed by atoms with Crippen molar-refractivity contribution in [3.8, 4) is 5.75 Å². The molecular formula is C12H19ClN2O. The number of piperidine rings is 1. The van der Waals surface area contributed by atoms with E-state index in [9.17, 15) is 0 Å². The van der Waals surface area contributed by atoms with Crippen LogP contribution in [0.1, 0.15) is 19.3 Å². The topological polar surface area (TPSA) is 34.1 Å². The van der Waals surface area contributed by atoms with E-state index in [4.69, 9.17) is 4.74 Å². The number of hydrogen-bond acceptors (Lipinski definition) is 3. The van der Waals surface area contributed by atoms with Gasteiger partial charge in [0.2, 0.25) is 0 Å². The SMILES string of the molecule is Cl.c1cncc(OCCC2CCCNC2)c1. The Labute approximate surface area is 103 Å². The Kier molecular flexibility index (Phi) is 6.19. The highest BCUT2D eigenvalue weighted by Gasteiger charge is 2.12. The van der Waals surface area contributed by atoms with Crippen molar-refractivity contribution in [2.24, 2.45) is 5.92 Å². The third-order valence-electron chi connectivity index (χ3n) is 2.83. The molecule has 90 valence electrons. The predicted octanol–water partition coefficient (Wildman–Crippen LogP) is 2.27. The van der Waals surface area contributed by atoms with Crippen LogP contribution in [0.25, 0.3) is 0 Å². The van der Waals surface area contributed by atoms with Crippen molar-refractivity contribution in [3.05, 3.63) is 24.5 Å². The highest BCUT2D eigenvalue weighted by molar-refractivity contribution is 5.85. The third kappa shape index (κ3) is 4.37. The maximum Gasteiger partial charge on any atom is 0.137 e. The normalized spacial score (nSPS) is 19.9. The molecule has 1 fully saturated rings. The maximum atomic E-state index is 5.62. The van der Waals surface area contributed by atoms with Gasteiger partial charge in [0.1, 0.15) is 5.75 Å². The zero-order valence-corrected chi connectivity index (χ0v) is 10.2. The summed E-state index contributed by atoms with van der Waals surface area (Å²) >= 11 is 0. The Hall–Kier alpha value is -0.800. The summed E-state index contributed by atoms with van der Waals surface area (Å²) in [5, 5.41) is 3.42. The molecule has 1 aliphatic rings. The molecule has 0 bridgehead atoms. The molecule has 4 heteroatoms.